The maximum Gasteiger partial charge on any atom is 0.543 e. The van der Waals surface area contributed by atoms with Crippen LogP contribution in [-0.4, -0.2) is 51.7 Å². The van der Waals surface area contributed by atoms with Crippen LogP contribution in [0.4, 0.5) is 9.59 Å². The van der Waals surface area contributed by atoms with Gasteiger partial charge >= 0.3 is 24.2 Å². The molecule has 40 heavy (non-hydrogen) atoms. The molecule has 1 aliphatic carbocycles. The molecule has 1 saturated carbocycles. The van der Waals surface area contributed by atoms with Crippen LogP contribution in [0.5, 0.6) is 11.5 Å². The van der Waals surface area contributed by atoms with Gasteiger partial charge in [0.15, 0.2) is 0 Å². The van der Waals surface area contributed by atoms with Crippen LogP contribution >= 0.6 is 0 Å². The Balaban J connectivity index is 1.23. The highest BCUT2D eigenvalue weighted by atomic mass is 17.5. The number of carbonyl (C=O) groups excluding carboxylic acids is 4. The van der Waals surface area contributed by atoms with Crippen molar-refractivity contribution >= 4 is 24.2 Å². The maximum atomic E-state index is 12.0. The molecule has 2 aromatic rings. The van der Waals surface area contributed by atoms with Gasteiger partial charge in [-0.25, -0.2) is 29.0 Å². The van der Waals surface area contributed by atoms with Gasteiger partial charge in [-0.15, -0.1) is 0 Å². The second-order valence-electron chi connectivity index (χ2n) is 8.45. The van der Waals surface area contributed by atoms with E-state index in [2.05, 4.69) is 29.6 Å². The fraction of sp³-hybridized carbons (Fsp3) is 0.385. The summed E-state index contributed by atoms with van der Waals surface area (Å²) in [5.41, 5.74) is 0.159. The second kappa shape index (κ2) is 15.8. The Bertz CT molecular complexity index is 1050. The molecule has 0 spiro atoms. The fourth-order valence-corrected chi connectivity index (χ4v) is 3.85. The third kappa shape index (κ3) is 9.32. The highest BCUT2D eigenvalue weighted by Crippen LogP contribution is 2.29. The van der Waals surface area contributed by atoms with E-state index in [-0.39, 0.29) is 47.7 Å². The van der Waals surface area contributed by atoms with Crippen molar-refractivity contribution in [2.45, 2.75) is 25.7 Å². The largest absolute Gasteiger partial charge is 0.543 e. The lowest BCUT2D eigenvalue weighted by molar-refractivity contribution is -0.452. The first-order chi connectivity index (χ1) is 19.4. The SMILES string of the molecule is COc1ccccc1C(=O)OOOC(=O)OCC1CCC(COC(=O)OOOC(=O)c2ccccc2OC)CC1. The van der Waals surface area contributed by atoms with E-state index in [1.165, 1.54) is 26.4 Å². The molecule has 3 rings (SSSR count). The molecular formula is C26H28O14. The van der Waals surface area contributed by atoms with E-state index in [0.717, 1.165) is 0 Å². The van der Waals surface area contributed by atoms with Crippen LogP contribution in [0, 0.1) is 11.8 Å². The second-order valence-corrected chi connectivity index (χ2v) is 8.45. The van der Waals surface area contributed by atoms with Gasteiger partial charge in [-0.3, -0.25) is 9.78 Å². The number of hydrogen-bond acceptors (Lipinski definition) is 14. The molecule has 0 heterocycles. The Kier molecular flexibility index (Phi) is 11.8. The highest BCUT2D eigenvalue weighted by Gasteiger charge is 2.25. The van der Waals surface area contributed by atoms with Crippen LogP contribution in [-0.2, 0) is 39.1 Å². The summed E-state index contributed by atoms with van der Waals surface area (Å²) < 4.78 is 20.0. The molecule has 216 valence electrons. The highest BCUT2D eigenvalue weighted by molar-refractivity contribution is 5.92. The predicted molar refractivity (Wildman–Crippen MR) is 129 cm³/mol. The van der Waals surface area contributed by atoms with Crippen LogP contribution in [0.15, 0.2) is 48.5 Å². The Morgan fingerprint density at radius 2 is 0.975 bits per heavy atom. The number of ether oxygens (including phenoxy) is 4. The van der Waals surface area contributed by atoms with E-state index in [1.807, 2.05) is 0 Å². The molecule has 14 nitrogen and oxygen atoms in total. The number of para-hydroxylation sites is 2. The molecule has 0 aromatic heterocycles. The van der Waals surface area contributed by atoms with Gasteiger partial charge in [-0.2, -0.15) is 0 Å². The summed E-state index contributed by atoms with van der Waals surface area (Å²) in [5, 5.41) is 8.43. The Labute approximate surface area is 228 Å². The van der Waals surface area contributed by atoms with Crippen molar-refractivity contribution in [3.8, 4) is 11.5 Å². The van der Waals surface area contributed by atoms with Crippen LogP contribution < -0.4 is 9.47 Å². The first-order valence-corrected chi connectivity index (χ1v) is 12.1. The number of hydrogen-bond donors (Lipinski definition) is 0. The number of rotatable bonds is 12. The lowest BCUT2D eigenvalue weighted by atomic mass is 9.83. The van der Waals surface area contributed by atoms with Crippen molar-refractivity contribution in [2.24, 2.45) is 11.8 Å². The molecule has 14 heteroatoms. The maximum absolute atomic E-state index is 12.0. The predicted octanol–water partition coefficient (Wildman–Crippen LogP) is 4.52. The minimum absolute atomic E-state index is 0.0459. The smallest absolute Gasteiger partial charge is 0.496 e. The van der Waals surface area contributed by atoms with Gasteiger partial charge in [0.25, 0.3) is 0 Å². The first-order valence-electron chi connectivity index (χ1n) is 12.1. The van der Waals surface area contributed by atoms with E-state index in [4.69, 9.17) is 18.9 Å². The summed E-state index contributed by atoms with van der Waals surface area (Å²) in [5.74, 6) is -1.23. The van der Waals surface area contributed by atoms with E-state index in [1.54, 1.807) is 36.4 Å². The van der Waals surface area contributed by atoms with E-state index in [9.17, 15) is 19.2 Å². The summed E-state index contributed by atoms with van der Waals surface area (Å²) in [4.78, 5) is 64.8. The molecule has 1 fully saturated rings. The van der Waals surface area contributed by atoms with E-state index in [0.29, 0.717) is 25.7 Å². The van der Waals surface area contributed by atoms with Gasteiger partial charge in [-0.05, 0) is 61.8 Å². The molecule has 0 N–H and O–H groups in total. The zero-order chi connectivity index (χ0) is 28.7. The van der Waals surface area contributed by atoms with Crippen molar-refractivity contribution in [1.29, 1.82) is 0 Å². The van der Waals surface area contributed by atoms with Crippen molar-refractivity contribution in [2.75, 3.05) is 27.4 Å². The van der Waals surface area contributed by atoms with Gasteiger partial charge in [0.1, 0.15) is 22.6 Å². The third-order valence-corrected chi connectivity index (χ3v) is 5.92. The minimum Gasteiger partial charge on any atom is -0.496 e. The molecule has 0 aliphatic heterocycles. The lowest BCUT2D eigenvalue weighted by Gasteiger charge is -2.27. The van der Waals surface area contributed by atoms with E-state index < -0.39 is 24.2 Å². The normalized spacial score (nSPS) is 16.1. The summed E-state index contributed by atoms with van der Waals surface area (Å²) in [7, 11) is 2.77. The molecule has 1 aliphatic rings. The van der Waals surface area contributed by atoms with Crippen molar-refractivity contribution in [3.05, 3.63) is 59.7 Å². The van der Waals surface area contributed by atoms with Crippen LogP contribution in [0.25, 0.3) is 0 Å². The topological polar surface area (TPSA) is 161 Å². The van der Waals surface area contributed by atoms with Crippen LogP contribution in [0.3, 0.4) is 0 Å². The summed E-state index contributed by atoms with van der Waals surface area (Å²) in [6.07, 6.45) is 0.403. The van der Waals surface area contributed by atoms with Gasteiger partial charge in [0.05, 0.1) is 37.5 Å². The molecule has 0 saturated heterocycles. The average Bonchev–Trinajstić information content (AvgIpc) is 2.99. The van der Waals surface area contributed by atoms with Crippen molar-refractivity contribution in [3.63, 3.8) is 0 Å². The molecular weight excluding hydrogens is 536 g/mol. The minimum atomic E-state index is -1.17. The van der Waals surface area contributed by atoms with Crippen LogP contribution in [0.2, 0.25) is 0 Å². The first kappa shape index (κ1) is 30.0. The third-order valence-electron chi connectivity index (χ3n) is 5.92. The number of carbonyl (C=O) groups is 4. The monoisotopic (exact) mass is 564 g/mol. The molecule has 0 atom stereocenters. The Morgan fingerprint density at radius 3 is 1.35 bits per heavy atom. The average molecular weight is 564 g/mol. The number of methoxy groups -OCH3 is 2. The summed E-state index contributed by atoms with van der Waals surface area (Å²) >= 11 is 0. The molecule has 0 unspecified atom stereocenters. The Hall–Kier alpha value is -4.56. The lowest BCUT2D eigenvalue weighted by Crippen LogP contribution is -2.24. The summed E-state index contributed by atoms with van der Waals surface area (Å²) in [6.45, 7) is 0.118. The van der Waals surface area contributed by atoms with Crippen LogP contribution in [0.1, 0.15) is 46.4 Å². The van der Waals surface area contributed by atoms with Gasteiger partial charge < -0.3 is 18.9 Å². The number of benzene rings is 2. The quantitative estimate of drug-likeness (QED) is 0.201. The van der Waals surface area contributed by atoms with E-state index >= 15 is 0 Å². The van der Waals surface area contributed by atoms with Gasteiger partial charge in [0.2, 0.25) is 0 Å². The van der Waals surface area contributed by atoms with Crippen molar-refractivity contribution in [1.82, 2.24) is 0 Å². The van der Waals surface area contributed by atoms with Gasteiger partial charge in [-0.1, -0.05) is 24.3 Å². The van der Waals surface area contributed by atoms with Gasteiger partial charge in [0, 0.05) is 0 Å². The molecule has 0 radical (unpaired) electrons. The Morgan fingerprint density at radius 1 is 0.600 bits per heavy atom. The zero-order valence-electron chi connectivity index (χ0n) is 21.7. The molecule has 0 amide bonds. The standard InChI is InChI=1S/C26H28O14/c1-31-21-9-5-3-7-19(21)23(27)35-39-37-25(29)33-15-17-11-13-18(14-12-17)16-34-26(30)38-40-36-24(28)20-8-4-6-10-22(20)32-2/h3-10,17-18H,11-16H2,1-2H3. The summed E-state index contributed by atoms with van der Waals surface area (Å²) in [6, 6.07) is 12.5. The molecule has 2 aromatic carbocycles. The fourth-order valence-electron chi connectivity index (χ4n) is 3.85. The molecule has 0 bridgehead atoms. The zero-order valence-corrected chi connectivity index (χ0v) is 21.7. The van der Waals surface area contributed by atoms with Crippen molar-refractivity contribution < 1.29 is 67.8 Å².